The van der Waals surface area contributed by atoms with Crippen molar-refractivity contribution in [2.45, 2.75) is 19.3 Å². The van der Waals surface area contributed by atoms with Gasteiger partial charge in [0.15, 0.2) is 0 Å². The van der Waals surface area contributed by atoms with Gasteiger partial charge in [-0.3, -0.25) is 0 Å². The van der Waals surface area contributed by atoms with E-state index in [0.29, 0.717) is 5.92 Å². The molecule has 16 heavy (non-hydrogen) atoms. The summed E-state index contributed by atoms with van der Waals surface area (Å²) >= 11 is 0. The molecule has 0 bridgehead atoms. The summed E-state index contributed by atoms with van der Waals surface area (Å²) in [7, 11) is 1.61. The minimum Gasteiger partial charge on any atom is -0.244 e. The lowest BCUT2D eigenvalue weighted by Gasteiger charge is -2.16. The van der Waals surface area contributed by atoms with Crippen molar-refractivity contribution in [3.8, 4) is 0 Å². The third-order valence-corrected chi connectivity index (χ3v) is 3.31. The Bertz CT molecular complexity index is 518. The molecule has 1 aromatic rings. The van der Waals surface area contributed by atoms with Gasteiger partial charge in [0.2, 0.25) is 0 Å². The Hall–Kier alpha value is -1.65. The first kappa shape index (κ1) is 9.57. The van der Waals surface area contributed by atoms with Crippen LogP contribution in [-0.2, 0) is 7.05 Å². The van der Waals surface area contributed by atoms with Crippen molar-refractivity contribution in [3.63, 3.8) is 0 Å². The van der Waals surface area contributed by atoms with E-state index in [9.17, 15) is 4.79 Å². The van der Waals surface area contributed by atoms with Crippen LogP contribution in [0.1, 0.15) is 19.3 Å². The SMILES string of the molecule is Cn1nnn(C2=CC=CC(C3CC3)C2)c1=O. The van der Waals surface area contributed by atoms with Crippen molar-refractivity contribution in [2.24, 2.45) is 18.9 Å². The van der Waals surface area contributed by atoms with E-state index >= 15 is 0 Å². The molecule has 3 rings (SSSR count). The van der Waals surface area contributed by atoms with E-state index < -0.39 is 0 Å². The molecule has 2 aliphatic carbocycles. The van der Waals surface area contributed by atoms with Gasteiger partial charge in [-0.25, -0.2) is 4.79 Å². The summed E-state index contributed by atoms with van der Waals surface area (Å²) in [6.45, 7) is 0. The minimum absolute atomic E-state index is 0.170. The van der Waals surface area contributed by atoms with Crippen molar-refractivity contribution >= 4 is 5.70 Å². The van der Waals surface area contributed by atoms with Crippen LogP contribution >= 0.6 is 0 Å². The average Bonchev–Trinajstić information content (AvgIpc) is 3.08. The van der Waals surface area contributed by atoms with Crippen molar-refractivity contribution in [3.05, 3.63) is 28.7 Å². The lowest BCUT2D eigenvalue weighted by molar-refractivity contribution is 0.561. The molecule has 0 amide bonds. The maximum atomic E-state index is 11.7. The molecule has 1 aromatic heterocycles. The second-order valence-electron chi connectivity index (χ2n) is 4.55. The molecular weight excluding hydrogens is 204 g/mol. The molecule has 0 spiro atoms. The van der Waals surface area contributed by atoms with Crippen LogP contribution in [0.3, 0.4) is 0 Å². The summed E-state index contributed by atoms with van der Waals surface area (Å²) in [6.07, 6.45) is 9.76. The minimum atomic E-state index is -0.170. The van der Waals surface area contributed by atoms with Gasteiger partial charge >= 0.3 is 5.69 Å². The Balaban J connectivity index is 1.90. The Kier molecular flexibility index (Phi) is 2.05. The van der Waals surface area contributed by atoms with Crippen LogP contribution in [0.25, 0.3) is 5.70 Å². The first-order chi connectivity index (χ1) is 7.75. The summed E-state index contributed by atoms with van der Waals surface area (Å²) in [6, 6.07) is 0. The van der Waals surface area contributed by atoms with Gasteiger partial charge in [-0.15, -0.1) is 0 Å². The van der Waals surface area contributed by atoms with Gasteiger partial charge in [0.05, 0.1) is 5.70 Å². The Morgan fingerprint density at radius 3 is 2.81 bits per heavy atom. The van der Waals surface area contributed by atoms with E-state index in [1.54, 1.807) is 7.05 Å². The fourth-order valence-corrected chi connectivity index (χ4v) is 2.19. The van der Waals surface area contributed by atoms with E-state index in [2.05, 4.69) is 16.5 Å². The summed E-state index contributed by atoms with van der Waals surface area (Å²) < 4.78 is 2.66. The van der Waals surface area contributed by atoms with Crippen LogP contribution in [0.15, 0.2) is 23.0 Å². The Morgan fingerprint density at radius 1 is 1.38 bits per heavy atom. The van der Waals surface area contributed by atoms with Crippen molar-refractivity contribution in [2.75, 3.05) is 0 Å². The molecule has 84 valence electrons. The molecule has 1 fully saturated rings. The molecule has 1 atom stereocenters. The number of rotatable bonds is 2. The second-order valence-corrected chi connectivity index (χ2v) is 4.55. The second kappa shape index (κ2) is 3.43. The smallest absolute Gasteiger partial charge is 0.244 e. The van der Waals surface area contributed by atoms with Crippen LogP contribution in [0.2, 0.25) is 0 Å². The lowest BCUT2D eigenvalue weighted by Crippen LogP contribution is -2.24. The van der Waals surface area contributed by atoms with E-state index in [-0.39, 0.29) is 5.69 Å². The molecular formula is C11H14N4O. The predicted molar refractivity (Wildman–Crippen MR) is 59.5 cm³/mol. The van der Waals surface area contributed by atoms with E-state index in [1.165, 1.54) is 22.2 Å². The fourth-order valence-electron chi connectivity index (χ4n) is 2.19. The molecule has 1 unspecified atom stereocenters. The highest BCUT2D eigenvalue weighted by Crippen LogP contribution is 2.42. The summed E-state index contributed by atoms with van der Waals surface area (Å²) in [5.74, 6) is 1.39. The molecule has 0 aliphatic heterocycles. The van der Waals surface area contributed by atoms with E-state index in [0.717, 1.165) is 18.0 Å². The van der Waals surface area contributed by atoms with Crippen molar-refractivity contribution in [1.29, 1.82) is 0 Å². The van der Waals surface area contributed by atoms with Gasteiger partial charge in [0.25, 0.3) is 0 Å². The molecule has 1 heterocycles. The first-order valence-corrected chi connectivity index (χ1v) is 5.62. The highest BCUT2D eigenvalue weighted by atomic mass is 16.2. The van der Waals surface area contributed by atoms with Gasteiger partial charge in [-0.05, 0) is 47.6 Å². The van der Waals surface area contributed by atoms with Gasteiger partial charge in [0, 0.05) is 7.05 Å². The Morgan fingerprint density at radius 2 is 2.19 bits per heavy atom. The first-order valence-electron chi connectivity index (χ1n) is 5.62. The summed E-state index contributed by atoms with van der Waals surface area (Å²) in [4.78, 5) is 11.7. The summed E-state index contributed by atoms with van der Waals surface area (Å²) in [5, 5.41) is 7.60. The Labute approximate surface area is 93.0 Å². The maximum absolute atomic E-state index is 11.7. The number of allylic oxidation sites excluding steroid dienone is 4. The number of aromatic nitrogens is 4. The third-order valence-electron chi connectivity index (χ3n) is 3.31. The van der Waals surface area contributed by atoms with E-state index in [4.69, 9.17) is 0 Å². The molecule has 2 aliphatic rings. The largest absolute Gasteiger partial charge is 0.367 e. The zero-order chi connectivity index (χ0) is 11.1. The van der Waals surface area contributed by atoms with Crippen LogP contribution in [-0.4, -0.2) is 19.8 Å². The van der Waals surface area contributed by atoms with Crippen LogP contribution < -0.4 is 5.69 Å². The van der Waals surface area contributed by atoms with E-state index in [1.807, 2.05) is 12.2 Å². The van der Waals surface area contributed by atoms with Gasteiger partial charge in [-0.1, -0.05) is 12.2 Å². The normalized spacial score (nSPS) is 24.6. The van der Waals surface area contributed by atoms with Gasteiger partial charge < -0.3 is 0 Å². The molecule has 1 saturated carbocycles. The predicted octanol–water partition coefficient (Wildman–Crippen LogP) is 0.804. The highest BCUT2D eigenvalue weighted by Gasteiger charge is 2.31. The molecule has 0 radical (unpaired) electrons. The quantitative estimate of drug-likeness (QED) is 0.738. The number of tetrazole rings is 1. The number of aryl methyl sites for hydroxylation is 1. The zero-order valence-electron chi connectivity index (χ0n) is 9.21. The van der Waals surface area contributed by atoms with Crippen LogP contribution in [0.5, 0.6) is 0 Å². The number of hydrogen-bond acceptors (Lipinski definition) is 3. The fraction of sp³-hybridized carbons (Fsp3) is 0.545. The number of hydrogen-bond donors (Lipinski definition) is 0. The standard InChI is InChI=1S/C11H14N4O/c1-14-11(16)15(13-12-14)10-4-2-3-9(7-10)8-5-6-8/h2-4,8-9H,5-7H2,1H3. The molecule has 0 N–H and O–H groups in total. The van der Waals surface area contributed by atoms with Crippen molar-refractivity contribution in [1.82, 2.24) is 19.8 Å². The monoisotopic (exact) mass is 218 g/mol. The van der Waals surface area contributed by atoms with Crippen LogP contribution in [0.4, 0.5) is 0 Å². The maximum Gasteiger partial charge on any atom is 0.367 e. The van der Waals surface area contributed by atoms with Gasteiger partial charge in [-0.2, -0.15) is 9.36 Å². The molecule has 5 nitrogen and oxygen atoms in total. The van der Waals surface area contributed by atoms with Crippen molar-refractivity contribution < 1.29 is 0 Å². The van der Waals surface area contributed by atoms with Gasteiger partial charge in [0.1, 0.15) is 0 Å². The topological polar surface area (TPSA) is 52.7 Å². The molecule has 5 heteroatoms. The third kappa shape index (κ3) is 1.52. The van der Waals surface area contributed by atoms with Crippen LogP contribution in [0, 0.1) is 11.8 Å². The number of nitrogens with zero attached hydrogens (tertiary/aromatic N) is 4. The zero-order valence-corrected chi connectivity index (χ0v) is 9.21. The highest BCUT2D eigenvalue weighted by molar-refractivity contribution is 5.49. The molecule has 0 aromatic carbocycles. The average molecular weight is 218 g/mol. The lowest BCUT2D eigenvalue weighted by atomic mass is 9.94. The summed E-state index contributed by atoms with van der Waals surface area (Å²) in [5.41, 5.74) is 0.786. The molecule has 0 saturated heterocycles.